The molecule has 1 fully saturated rings. The predicted molar refractivity (Wildman–Crippen MR) is 73.3 cm³/mol. The number of likely N-dealkylation sites (tertiary alicyclic amines) is 1. The van der Waals surface area contributed by atoms with Crippen molar-refractivity contribution in [3.63, 3.8) is 0 Å². The summed E-state index contributed by atoms with van der Waals surface area (Å²) in [6, 6.07) is 6.09. The second kappa shape index (κ2) is 4.73. The number of carboxylic acid groups (broad SMARTS) is 1. The molecule has 7 heteroatoms. The standard InChI is InChI=1S/C12H12BrN3O3/c13-7-1-2-10-9(5-7)15-11(19-10)14-8-3-4-16(6-8)12(17)18/h1-2,5,8H,3-4,6H2,(H,14,15)(H,17,18). The van der Waals surface area contributed by atoms with Crippen molar-refractivity contribution in [2.24, 2.45) is 0 Å². The molecule has 1 aromatic carbocycles. The number of anilines is 1. The maximum atomic E-state index is 10.8. The van der Waals surface area contributed by atoms with E-state index in [1.165, 1.54) is 4.90 Å². The molecule has 0 saturated carbocycles. The lowest BCUT2D eigenvalue weighted by Crippen LogP contribution is -2.30. The molecule has 0 aliphatic carbocycles. The molecule has 100 valence electrons. The van der Waals surface area contributed by atoms with Crippen LogP contribution in [0.5, 0.6) is 0 Å². The smallest absolute Gasteiger partial charge is 0.407 e. The van der Waals surface area contributed by atoms with Crippen molar-refractivity contribution < 1.29 is 14.3 Å². The summed E-state index contributed by atoms with van der Waals surface area (Å²) < 4.78 is 6.51. The average Bonchev–Trinajstić information content (AvgIpc) is 2.95. The first-order chi connectivity index (χ1) is 9.11. The Hall–Kier alpha value is -1.76. The second-order valence-corrected chi connectivity index (χ2v) is 5.41. The zero-order chi connectivity index (χ0) is 13.4. The zero-order valence-electron chi connectivity index (χ0n) is 9.97. The number of benzene rings is 1. The minimum absolute atomic E-state index is 0.0487. The van der Waals surface area contributed by atoms with Crippen LogP contribution in [0.25, 0.3) is 11.1 Å². The van der Waals surface area contributed by atoms with Gasteiger partial charge in [0.1, 0.15) is 5.52 Å². The summed E-state index contributed by atoms with van der Waals surface area (Å²) in [5.41, 5.74) is 1.48. The highest BCUT2D eigenvalue weighted by atomic mass is 79.9. The Labute approximate surface area is 117 Å². The van der Waals surface area contributed by atoms with Gasteiger partial charge in [-0.3, -0.25) is 0 Å². The summed E-state index contributed by atoms with van der Waals surface area (Å²) in [7, 11) is 0. The van der Waals surface area contributed by atoms with Gasteiger partial charge in [0.2, 0.25) is 0 Å². The third kappa shape index (κ3) is 2.51. The first kappa shape index (κ1) is 12.3. The molecule has 19 heavy (non-hydrogen) atoms. The highest BCUT2D eigenvalue weighted by Gasteiger charge is 2.26. The van der Waals surface area contributed by atoms with Crippen LogP contribution in [0, 0.1) is 0 Å². The van der Waals surface area contributed by atoms with Crippen molar-refractivity contribution in [1.82, 2.24) is 9.88 Å². The maximum absolute atomic E-state index is 10.8. The molecule has 1 amide bonds. The van der Waals surface area contributed by atoms with Crippen LogP contribution in [0.2, 0.25) is 0 Å². The monoisotopic (exact) mass is 325 g/mol. The fourth-order valence-electron chi connectivity index (χ4n) is 2.19. The van der Waals surface area contributed by atoms with E-state index in [0.29, 0.717) is 24.7 Å². The number of hydrogen-bond acceptors (Lipinski definition) is 4. The summed E-state index contributed by atoms with van der Waals surface area (Å²) in [5.74, 6) is 0. The van der Waals surface area contributed by atoms with E-state index in [-0.39, 0.29) is 6.04 Å². The van der Waals surface area contributed by atoms with Gasteiger partial charge in [0.05, 0.1) is 0 Å². The molecule has 0 spiro atoms. The molecule has 1 aliphatic heterocycles. The molecule has 1 atom stereocenters. The van der Waals surface area contributed by atoms with Gasteiger partial charge in [-0.15, -0.1) is 0 Å². The van der Waals surface area contributed by atoms with E-state index < -0.39 is 6.09 Å². The first-order valence-corrected chi connectivity index (χ1v) is 6.71. The van der Waals surface area contributed by atoms with Gasteiger partial charge >= 0.3 is 6.09 Å². The first-order valence-electron chi connectivity index (χ1n) is 5.92. The second-order valence-electron chi connectivity index (χ2n) is 4.49. The summed E-state index contributed by atoms with van der Waals surface area (Å²) in [6.45, 7) is 0.997. The molecule has 0 radical (unpaired) electrons. The Kier molecular flexibility index (Phi) is 3.06. The molecule has 2 heterocycles. The largest absolute Gasteiger partial charge is 0.465 e. The maximum Gasteiger partial charge on any atom is 0.407 e. The number of aromatic nitrogens is 1. The quantitative estimate of drug-likeness (QED) is 0.887. The number of amides is 1. The minimum Gasteiger partial charge on any atom is -0.465 e. The van der Waals surface area contributed by atoms with Gasteiger partial charge in [0.25, 0.3) is 6.01 Å². The summed E-state index contributed by atoms with van der Waals surface area (Å²) in [5, 5.41) is 12.0. The van der Waals surface area contributed by atoms with Crippen molar-refractivity contribution >= 4 is 39.1 Å². The van der Waals surface area contributed by atoms with E-state index in [2.05, 4.69) is 26.2 Å². The molecule has 3 rings (SSSR count). The van der Waals surface area contributed by atoms with Crippen molar-refractivity contribution in [3.05, 3.63) is 22.7 Å². The predicted octanol–water partition coefficient (Wildman–Crippen LogP) is 2.75. The summed E-state index contributed by atoms with van der Waals surface area (Å²) in [4.78, 5) is 16.6. The fourth-order valence-corrected chi connectivity index (χ4v) is 2.54. The molecule has 1 aromatic heterocycles. The van der Waals surface area contributed by atoms with Crippen LogP contribution in [0.4, 0.5) is 10.8 Å². The number of rotatable bonds is 2. The SMILES string of the molecule is O=C(O)N1CCC(Nc2nc3cc(Br)ccc3o2)C1. The Morgan fingerprint density at radius 3 is 3.16 bits per heavy atom. The lowest BCUT2D eigenvalue weighted by Gasteiger charge is -2.12. The van der Waals surface area contributed by atoms with Crippen LogP contribution >= 0.6 is 15.9 Å². The summed E-state index contributed by atoms with van der Waals surface area (Å²) in [6.07, 6.45) is -0.125. The topological polar surface area (TPSA) is 78.6 Å². The van der Waals surface area contributed by atoms with E-state index in [4.69, 9.17) is 9.52 Å². The lowest BCUT2D eigenvalue weighted by molar-refractivity contribution is 0.155. The Morgan fingerprint density at radius 1 is 1.58 bits per heavy atom. The van der Waals surface area contributed by atoms with E-state index in [0.717, 1.165) is 16.4 Å². The minimum atomic E-state index is -0.884. The Morgan fingerprint density at radius 2 is 2.42 bits per heavy atom. The molecule has 2 N–H and O–H groups in total. The third-order valence-corrected chi connectivity index (χ3v) is 3.63. The van der Waals surface area contributed by atoms with E-state index in [9.17, 15) is 4.79 Å². The highest BCUT2D eigenvalue weighted by Crippen LogP contribution is 2.24. The number of hydrogen-bond donors (Lipinski definition) is 2. The lowest BCUT2D eigenvalue weighted by atomic mass is 10.3. The molecule has 1 aliphatic rings. The van der Waals surface area contributed by atoms with Gasteiger partial charge in [0, 0.05) is 23.6 Å². The van der Waals surface area contributed by atoms with Gasteiger partial charge in [-0.05, 0) is 24.6 Å². The molecule has 2 aromatic rings. The van der Waals surface area contributed by atoms with E-state index in [1.807, 2.05) is 18.2 Å². The molecule has 1 unspecified atom stereocenters. The third-order valence-electron chi connectivity index (χ3n) is 3.14. The zero-order valence-corrected chi connectivity index (χ0v) is 11.6. The van der Waals surface area contributed by atoms with Crippen molar-refractivity contribution in [2.45, 2.75) is 12.5 Å². The highest BCUT2D eigenvalue weighted by molar-refractivity contribution is 9.10. The van der Waals surface area contributed by atoms with Gasteiger partial charge in [0.15, 0.2) is 5.58 Å². The van der Waals surface area contributed by atoms with Crippen LogP contribution in [-0.4, -0.2) is 40.2 Å². The molecule has 0 bridgehead atoms. The van der Waals surface area contributed by atoms with Crippen LogP contribution in [0.1, 0.15) is 6.42 Å². The van der Waals surface area contributed by atoms with Crippen LogP contribution in [-0.2, 0) is 0 Å². The average molecular weight is 326 g/mol. The van der Waals surface area contributed by atoms with E-state index >= 15 is 0 Å². The van der Waals surface area contributed by atoms with Crippen LogP contribution < -0.4 is 5.32 Å². The molecule has 1 saturated heterocycles. The number of halogens is 1. The molecular formula is C12H12BrN3O3. The normalized spacial score (nSPS) is 19.0. The molecular weight excluding hydrogens is 314 g/mol. The number of carbonyl (C=O) groups is 1. The van der Waals surface area contributed by atoms with Gasteiger partial charge in [-0.1, -0.05) is 15.9 Å². The van der Waals surface area contributed by atoms with Crippen LogP contribution in [0.15, 0.2) is 27.1 Å². The van der Waals surface area contributed by atoms with Gasteiger partial charge in [-0.25, -0.2) is 4.79 Å². The Balaban J connectivity index is 1.73. The van der Waals surface area contributed by atoms with Crippen LogP contribution in [0.3, 0.4) is 0 Å². The fraction of sp³-hybridized carbons (Fsp3) is 0.333. The van der Waals surface area contributed by atoms with Gasteiger partial charge < -0.3 is 19.7 Å². The van der Waals surface area contributed by atoms with Crippen molar-refractivity contribution in [3.8, 4) is 0 Å². The number of nitrogens with zero attached hydrogens (tertiary/aromatic N) is 2. The van der Waals surface area contributed by atoms with Gasteiger partial charge in [-0.2, -0.15) is 4.98 Å². The number of fused-ring (bicyclic) bond motifs is 1. The van der Waals surface area contributed by atoms with E-state index in [1.54, 1.807) is 0 Å². The number of nitrogens with one attached hydrogen (secondary N) is 1. The molecule has 6 nitrogen and oxygen atoms in total. The van der Waals surface area contributed by atoms with Crippen molar-refractivity contribution in [2.75, 3.05) is 18.4 Å². The Bertz CT molecular complexity index is 628. The number of oxazole rings is 1. The van der Waals surface area contributed by atoms with Crippen molar-refractivity contribution in [1.29, 1.82) is 0 Å². The summed E-state index contributed by atoms with van der Waals surface area (Å²) >= 11 is 3.38.